The first-order chi connectivity index (χ1) is 3.27. The summed E-state index contributed by atoms with van der Waals surface area (Å²) in [4.78, 5) is 0. The summed E-state index contributed by atoms with van der Waals surface area (Å²) in [5.41, 5.74) is 0. The van der Waals surface area contributed by atoms with Gasteiger partial charge in [0.15, 0.2) is 0 Å². The predicted octanol–water partition coefficient (Wildman–Crippen LogP) is 1.39. The number of hydrogen-bond acceptors (Lipinski definition) is 0. The van der Waals surface area contributed by atoms with Crippen molar-refractivity contribution in [2.24, 2.45) is 0 Å². The first-order valence-electron chi connectivity index (χ1n) is 2.64. The van der Waals surface area contributed by atoms with Gasteiger partial charge < -0.3 is 0 Å². The third kappa shape index (κ3) is 6.30. The Labute approximate surface area is 54.5 Å². The maximum absolute atomic E-state index is 3.64. The monoisotopic (exact) mass is 160 g/mol. The molecule has 0 nitrogen and oxygen atoms in total. The van der Waals surface area contributed by atoms with Crippen LogP contribution in [0.2, 0.25) is 4.71 Å². The number of hydrogen-bond donors (Lipinski definition) is 0. The molecule has 2 unspecified atom stereocenters. The first-order valence-corrected chi connectivity index (χ1v) is 4.03. The molecule has 0 fully saturated rings. The van der Waals surface area contributed by atoms with Gasteiger partial charge in [-0.1, -0.05) is 0 Å². The summed E-state index contributed by atoms with van der Waals surface area (Å²) in [6.45, 7) is 5.89. The van der Waals surface area contributed by atoms with Gasteiger partial charge in [-0.25, -0.2) is 0 Å². The second kappa shape index (κ2) is 4.46. The van der Waals surface area contributed by atoms with E-state index < -0.39 is 0 Å². The van der Waals surface area contributed by atoms with Crippen LogP contribution in [-0.4, -0.2) is 16.9 Å². The van der Waals surface area contributed by atoms with Crippen molar-refractivity contribution in [3.63, 3.8) is 0 Å². The molecule has 2 atom stereocenters. The van der Waals surface area contributed by atoms with E-state index in [-0.39, 0.29) is 0 Å². The first kappa shape index (κ1) is 7.30. The molecule has 0 aromatic carbocycles. The molecule has 0 bridgehead atoms. The van der Waals surface area contributed by atoms with E-state index in [0.717, 1.165) is 4.71 Å². The van der Waals surface area contributed by atoms with E-state index in [2.05, 4.69) is 13.5 Å². The minimum absolute atomic E-state index is 0.894. The fourth-order valence-corrected chi connectivity index (χ4v) is 0.785. The minimum atomic E-state index is 0.894. The van der Waals surface area contributed by atoms with Crippen molar-refractivity contribution in [2.45, 2.75) is 24.5 Å². The molecular weight excluding hydrogens is 147 g/mol. The Kier molecular flexibility index (Phi) is 4.65. The molecule has 0 aliphatic carbocycles. The Balaban J connectivity index is 2.81. The van der Waals surface area contributed by atoms with Gasteiger partial charge in [0.05, 0.1) is 0 Å². The Bertz CT molecular complexity index is 48.1. The Morgan fingerprint density at radius 1 is 1.86 bits per heavy atom. The molecule has 0 aliphatic heterocycles. The molecule has 1 heteroatoms. The summed E-state index contributed by atoms with van der Waals surface area (Å²) in [6.07, 6.45) is 4.47. The van der Waals surface area contributed by atoms with Crippen LogP contribution in [-0.2, 0) is 0 Å². The Hall–Kier alpha value is 0.298. The molecule has 0 heterocycles. The van der Waals surface area contributed by atoms with E-state index in [9.17, 15) is 0 Å². The van der Waals surface area contributed by atoms with Gasteiger partial charge in [-0.3, -0.25) is 0 Å². The molecule has 0 saturated heterocycles. The van der Waals surface area contributed by atoms with Crippen molar-refractivity contribution >= 4 is 16.9 Å². The number of allylic oxidation sites excluding steroid dienone is 1. The molecule has 7 heavy (non-hydrogen) atoms. The van der Waals surface area contributed by atoms with E-state index in [1.807, 2.05) is 22.9 Å². The van der Waals surface area contributed by atoms with Crippen LogP contribution >= 0.6 is 0 Å². The molecule has 42 valence electrons. The predicted molar refractivity (Wildman–Crippen MR) is 37.4 cm³/mol. The fraction of sp³-hybridized carbons (Fsp3) is 0.667. The van der Waals surface area contributed by atoms with Crippen LogP contribution in [0.3, 0.4) is 0 Å². The van der Waals surface area contributed by atoms with Crippen molar-refractivity contribution in [1.82, 2.24) is 0 Å². The van der Waals surface area contributed by atoms with E-state index in [0.29, 0.717) is 0 Å². The van der Waals surface area contributed by atoms with Gasteiger partial charge >= 0.3 is 54.0 Å². The third-order valence-electron chi connectivity index (χ3n) is 0.826. The van der Waals surface area contributed by atoms with Crippen molar-refractivity contribution in [3.8, 4) is 0 Å². The second-order valence-electron chi connectivity index (χ2n) is 1.84. The summed E-state index contributed by atoms with van der Waals surface area (Å²) in [7, 11) is 0. The maximum atomic E-state index is 3.64. The van der Waals surface area contributed by atoms with E-state index >= 15 is 0 Å². The van der Waals surface area contributed by atoms with Gasteiger partial charge in [0.1, 0.15) is 0 Å². The second-order valence-corrected chi connectivity index (χ2v) is 4.23. The average Bonchev–Trinajstić information content (AvgIpc) is 1.61. The molecule has 0 rings (SSSR count). The summed E-state index contributed by atoms with van der Waals surface area (Å²) >= 11 is 1.83. The van der Waals surface area contributed by atoms with E-state index in [1.54, 1.807) is 0 Å². The zero-order chi connectivity index (χ0) is 5.70. The quantitative estimate of drug-likeness (QED) is 0.432. The molecular formula is C6H13As. The Morgan fingerprint density at radius 2 is 2.43 bits per heavy atom. The standard InChI is InChI=1S/C6H13As/c1-3-4-5-6(2)7/h3,6H,1,4-5,7H2,2H3. The normalized spacial score (nSPS) is 13.4. The molecule has 0 saturated carbocycles. The molecule has 0 N–H and O–H groups in total. The van der Waals surface area contributed by atoms with Gasteiger partial charge in [0, 0.05) is 0 Å². The van der Waals surface area contributed by atoms with Gasteiger partial charge in [0.25, 0.3) is 0 Å². The van der Waals surface area contributed by atoms with Crippen LogP contribution < -0.4 is 0 Å². The van der Waals surface area contributed by atoms with Crippen molar-refractivity contribution in [3.05, 3.63) is 12.7 Å². The average molecular weight is 160 g/mol. The van der Waals surface area contributed by atoms with Crippen LogP contribution in [0.4, 0.5) is 0 Å². The summed E-state index contributed by atoms with van der Waals surface area (Å²) in [5.74, 6) is 0. The van der Waals surface area contributed by atoms with Gasteiger partial charge in [-0.05, 0) is 0 Å². The summed E-state index contributed by atoms with van der Waals surface area (Å²) in [5, 5.41) is 0. The molecule has 0 amide bonds. The van der Waals surface area contributed by atoms with E-state index in [4.69, 9.17) is 0 Å². The van der Waals surface area contributed by atoms with Crippen LogP contribution in [0, 0.1) is 0 Å². The topological polar surface area (TPSA) is 0 Å². The van der Waals surface area contributed by atoms with Crippen LogP contribution in [0.1, 0.15) is 19.8 Å². The molecule has 0 aliphatic rings. The fourth-order valence-electron chi connectivity index (χ4n) is 0.381. The van der Waals surface area contributed by atoms with Crippen LogP contribution in [0.5, 0.6) is 0 Å². The van der Waals surface area contributed by atoms with Crippen molar-refractivity contribution in [1.29, 1.82) is 0 Å². The zero-order valence-electron chi connectivity index (χ0n) is 4.85. The van der Waals surface area contributed by atoms with Gasteiger partial charge in [-0.2, -0.15) is 0 Å². The van der Waals surface area contributed by atoms with Crippen LogP contribution in [0.15, 0.2) is 12.7 Å². The molecule has 0 radical (unpaired) electrons. The third-order valence-corrected chi connectivity index (χ3v) is 1.53. The Morgan fingerprint density at radius 3 is 2.57 bits per heavy atom. The molecule has 0 aromatic heterocycles. The molecule has 0 aromatic rings. The number of rotatable bonds is 3. The van der Waals surface area contributed by atoms with Crippen molar-refractivity contribution < 1.29 is 0 Å². The van der Waals surface area contributed by atoms with Gasteiger partial charge in [0.2, 0.25) is 0 Å². The van der Waals surface area contributed by atoms with Crippen molar-refractivity contribution in [2.75, 3.05) is 0 Å². The van der Waals surface area contributed by atoms with Crippen LogP contribution in [0.25, 0.3) is 0 Å². The summed E-state index contributed by atoms with van der Waals surface area (Å²) < 4.78 is 0.894. The van der Waals surface area contributed by atoms with Gasteiger partial charge in [-0.15, -0.1) is 0 Å². The SMILES string of the molecule is C=CCCC(C)[AsH2]. The molecule has 0 spiro atoms. The summed E-state index contributed by atoms with van der Waals surface area (Å²) in [6, 6.07) is 0. The van der Waals surface area contributed by atoms with E-state index in [1.165, 1.54) is 12.8 Å². The zero-order valence-corrected chi connectivity index (χ0v) is 7.28.